The lowest BCUT2D eigenvalue weighted by atomic mass is 9.93. The number of rotatable bonds is 4. The second-order valence-corrected chi connectivity index (χ2v) is 4.15. The molecule has 1 aromatic carbocycles. The van der Waals surface area contributed by atoms with Gasteiger partial charge < -0.3 is 15.2 Å². The molecule has 0 aliphatic rings. The van der Waals surface area contributed by atoms with Gasteiger partial charge in [-0.15, -0.1) is 0 Å². The lowest BCUT2D eigenvalue weighted by Gasteiger charge is -2.23. The Morgan fingerprint density at radius 2 is 1.93 bits per heavy atom. The van der Waals surface area contributed by atoms with Crippen molar-refractivity contribution in [2.75, 3.05) is 14.2 Å². The van der Waals surface area contributed by atoms with Crippen LogP contribution in [0.4, 0.5) is 0 Å². The fraction of sp³-hybridized carbons (Fsp3) is 0.500. The summed E-state index contributed by atoms with van der Waals surface area (Å²) in [5.41, 5.74) is 7.69. The number of hydrogen-bond acceptors (Lipinski definition) is 3. The van der Waals surface area contributed by atoms with E-state index >= 15 is 0 Å². The molecule has 2 N–H and O–H groups in total. The maximum Gasteiger partial charge on any atom is 0.129 e. The molecule has 3 heteroatoms. The first kappa shape index (κ1) is 12.0. The number of para-hydroxylation sites is 1. The van der Waals surface area contributed by atoms with E-state index in [1.807, 2.05) is 32.0 Å². The topological polar surface area (TPSA) is 44.5 Å². The van der Waals surface area contributed by atoms with Crippen LogP contribution in [-0.2, 0) is 16.9 Å². The quantitative estimate of drug-likeness (QED) is 0.825. The minimum atomic E-state index is -0.408. The lowest BCUT2D eigenvalue weighted by molar-refractivity contribution is 0.181. The maximum atomic E-state index is 6.08. The van der Waals surface area contributed by atoms with E-state index in [2.05, 4.69) is 0 Å². The van der Waals surface area contributed by atoms with Crippen molar-refractivity contribution < 1.29 is 9.47 Å². The second kappa shape index (κ2) is 4.64. The number of methoxy groups -OCH3 is 2. The summed E-state index contributed by atoms with van der Waals surface area (Å²) in [7, 11) is 3.32. The molecular formula is C12H19NO2. The molecule has 0 aromatic heterocycles. The molecule has 3 nitrogen and oxygen atoms in total. The van der Waals surface area contributed by atoms with Crippen molar-refractivity contribution >= 4 is 0 Å². The summed E-state index contributed by atoms with van der Waals surface area (Å²) in [4.78, 5) is 0. The zero-order valence-electron chi connectivity index (χ0n) is 9.83. The molecule has 0 spiro atoms. The van der Waals surface area contributed by atoms with Gasteiger partial charge in [0, 0.05) is 23.8 Å². The lowest BCUT2D eigenvalue weighted by Crippen LogP contribution is -2.29. The van der Waals surface area contributed by atoms with Crippen LogP contribution >= 0.6 is 0 Å². The summed E-state index contributed by atoms with van der Waals surface area (Å²) >= 11 is 0. The van der Waals surface area contributed by atoms with Crippen molar-refractivity contribution in [3.8, 4) is 5.75 Å². The zero-order valence-corrected chi connectivity index (χ0v) is 9.83. The normalized spacial score (nSPS) is 11.5. The molecule has 0 fully saturated rings. The first-order chi connectivity index (χ1) is 7.00. The maximum absolute atomic E-state index is 6.08. The van der Waals surface area contributed by atoms with Crippen LogP contribution in [0.15, 0.2) is 18.2 Å². The van der Waals surface area contributed by atoms with E-state index in [1.165, 1.54) is 0 Å². The molecule has 0 saturated carbocycles. The van der Waals surface area contributed by atoms with E-state index < -0.39 is 5.54 Å². The monoisotopic (exact) mass is 209 g/mol. The van der Waals surface area contributed by atoms with E-state index in [1.54, 1.807) is 14.2 Å². The average molecular weight is 209 g/mol. The third-order valence-electron chi connectivity index (χ3n) is 2.29. The van der Waals surface area contributed by atoms with E-state index in [9.17, 15) is 0 Å². The summed E-state index contributed by atoms with van der Waals surface area (Å²) in [6, 6.07) is 5.94. The largest absolute Gasteiger partial charge is 0.496 e. The molecule has 0 amide bonds. The molecule has 0 bridgehead atoms. The number of ether oxygens (including phenoxy) is 2. The van der Waals surface area contributed by atoms with Gasteiger partial charge in [0.15, 0.2) is 0 Å². The van der Waals surface area contributed by atoms with Crippen molar-refractivity contribution in [1.29, 1.82) is 0 Å². The average Bonchev–Trinajstić information content (AvgIpc) is 2.16. The molecule has 0 aliphatic carbocycles. The van der Waals surface area contributed by atoms with E-state index in [0.29, 0.717) is 6.61 Å². The second-order valence-electron chi connectivity index (χ2n) is 4.15. The molecule has 15 heavy (non-hydrogen) atoms. The van der Waals surface area contributed by atoms with Crippen LogP contribution in [0.5, 0.6) is 5.75 Å². The van der Waals surface area contributed by atoms with E-state index in [4.69, 9.17) is 15.2 Å². The summed E-state index contributed by atoms with van der Waals surface area (Å²) in [6.45, 7) is 4.45. The van der Waals surface area contributed by atoms with Crippen LogP contribution in [0.25, 0.3) is 0 Å². The molecule has 0 heterocycles. The Balaban J connectivity index is 3.22. The van der Waals surface area contributed by atoms with E-state index in [0.717, 1.165) is 16.9 Å². The molecule has 0 saturated heterocycles. The summed E-state index contributed by atoms with van der Waals surface area (Å²) in [5, 5.41) is 0. The van der Waals surface area contributed by atoms with Gasteiger partial charge in [0.1, 0.15) is 5.75 Å². The van der Waals surface area contributed by atoms with Gasteiger partial charge in [-0.2, -0.15) is 0 Å². The predicted molar refractivity (Wildman–Crippen MR) is 60.9 cm³/mol. The Labute approximate surface area is 91.2 Å². The van der Waals surface area contributed by atoms with Crippen LogP contribution in [-0.4, -0.2) is 14.2 Å². The third-order valence-corrected chi connectivity index (χ3v) is 2.29. The Morgan fingerprint density at radius 3 is 2.40 bits per heavy atom. The molecule has 1 aromatic rings. The third kappa shape index (κ3) is 2.70. The highest BCUT2D eigenvalue weighted by Gasteiger charge is 2.20. The standard InChI is InChI=1S/C12H19NO2/c1-12(2,13)10-7-5-6-9(8-14-3)11(10)15-4/h5-7H,8,13H2,1-4H3. The Morgan fingerprint density at radius 1 is 1.27 bits per heavy atom. The molecular weight excluding hydrogens is 190 g/mol. The van der Waals surface area contributed by atoms with Crippen molar-refractivity contribution in [3.63, 3.8) is 0 Å². The minimum Gasteiger partial charge on any atom is -0.496 e. The number of hydrogen-bond donors (Lipinski definition) is 1. The van der Waals surface area contributed by atoms with Gasteiger partial charge in [-0.1, -0.05) is 18.2 Å². The fourth-order valence-corrected chi connectivity index (χ4v) is 1.60. The zero-order chi connectivity index (χ0) is 11.5. The van der Waals surface area contributed by atoms with Crippen LogP contribution in [0, 0.1) is 0 Å². The van der Waals surface area contributed by atoms with Crippen LogP contribution in [0.2, 0.25) is 0 Å². The van der Waals surface area contributed by atoms with Gasteiger partial charge >= 0.3 is 0 Å². The SMILES string of the molecule is COCc1cccc(C(C)(C)N)c1OC. The molecule has 1 rings (SSSR count). The molecule has 0 unspecified atom stereocenters. The van der Waals surface area contributed by atoms with Crippen molar-refractivity contribution in [2.24, 2.45) is 5.73 Å². The summed E-state index contributed by atoms with van der Waals surface area (Å²) in [6.07, 6.45) is 0. The summed E-state index contributed by atoms with van der Waals surface area (Å²) in [5.74, 6) is 0.826. The smallest absolute Gasteiger partial charge is 0.129 e. The van der Waals surface area contributed by atoms with Crippen LogP contribution in [0.3, 0.4) is 0 Å². The van der Waals surface area contributed by atoms with Gasteiger partial charge in [-0.3, -0.25) is 0 Å². The molecule has 0 radical (unpaired) electrons. The van der Waals surface area contributed by atoms with Crippen molar-refractivity contribution in [2.45, 2.75) is 26.0 Å². The molecule has 84 valence electrons. The van der Waals surface area contributed by atoms with Crippen molar-refractivity contribution in [3.05, 3.63) is 29.3 Å². The highest BCUT2D eigenvalue weighted by molar-refractivity contribution is 5.44. The van der Waals surface area contributed by atoms with Gasteiger partial charge in [-0.05, 0) is 13.8 Å². The fourth-order valence-electron chi connectivity index (χ4n) is 1.60. The van der Waals surface area contributed by atoms with Crippen LogP contribution < -0.4 is 10.5 Å². The molecule has 0 atom stereocenters. The highest BCUT2D eigenvalue weighted by Crippen LogP contribution is 2.31. The van der Waals surface area contributed by atoms with Gasteiger partial charge in [0.25, 0.3) is 0 Å². The Hall–Kier alpha value is -1.06. The predicted octanol–water partition coefficient (Wildman–Crippen LogP) is 2.04. The number of nitrogens with two attached hydrogens (primary N) is 1. The summed E-state index contributed by atoms with van der Waals surface area (Å²) < 4.78 is 10.5. The minimum absolute atomic E-state index is 0.408. The Kier molecular flexibility index (Phi) is 3.72. The highest BCUT2D eigenvalue weighted by atomic mass is 16.5. The van der Waals surface area contributed by atoms with Gasteiger partial charge in [-0.25, -0.2) is 0 Å². The van der Waals surface area contributed by atoms with Gasteiger partial charge in [0.2, 0.25) is 0 Å². The number of benzene rings is 1. The Bertz CT molecular complexity index is 329. The molecule has 0 aliphatic heterocycles. The van der Waals surface area contributed by atoms with Crippen molar-refractivity contribution in [1.82, 2.24) is 0 Å². The van der Waals surface area contributed by atoms with Crippen LogP contribution in [0.1, 0.15) is 25.0 Å². The van der Waals surface area contributed by atoms with Gasteiger partial charge in [0.05, 0.1) is 13.7 Å². The van der Waals surface area contributed by atoms with E-state index in [-0.39, 0.29) is 0 Å². The first-order valence-corrected chi connectivity index (χ1v) is 4.95. The first-order valence-electron chi connectivity index (χ1n) is 4.95.